The van der Waals surface area contributed by atoms with Crippen LogP contribution in [0.15, 0.2) is 42.7 Å². The van der Waals surface area contributed by atoms with Gasteiger partial charge in [-0.25, -0.2) is 14.1 Å². The maximum absolute atomic E-state index is 13.3. The third-order valence-electron chi connectivity index (χ3n) is 4.71. The maximum atomic E-state index is 13.3. The number of aromatic nitrogens is 3. The third-order valence-corrected chi connectivity index (χ3v) is 4.71. The van der Waals surface area contributed by atoms with Gasteiger partial charge in [-0.1, -0.05) is 6.07 Å². The fourth-order valence-electron chi connectivity index (χ4n) is 3.48. The van der Waals surface area contributed by atoms with Gasteiger partial charge in [-0.3, -0.25) is 4.90 Å². The smallest absolute Gasteiger partial charge is 0.157 e. The van der Waals surface area contributed by atoms with Crippen molar-refractivity contribution >= 4 is 11.0 Å². The molecular weight excluding hydrogens is 331 g/mol. The Morgan fingerprint density at radius 1 is 1.27 bits per heavy atom. The minimum atomic E-state index is -0.265. The molecule has 1 saturated heterocycles. The number of rotatable bonds is 5. The van der Waals surface area contributed by atoms with Crippen LogP contribution in [-0.2, 0) is 6.54 Å². The lowest BCUT2D eigenvalue weighted by Crippen LogP contribution is -2.24. The molecule has 3 heterocycles. The highest BCUT2D eigenvalue weighted by Gasteiger charge is 2.24. The molecule has 0 N–H and O–H groups in total. The molecule has 26 heavy (non-hydrogen) atoms. The lowest BCUT2D eigenvalue weighted by molar-refractivity contribution is 0.197. The molecule has 0 amide bonds. The highest BCUT2D eigenvalue weighted by atomic mass is 19.1. The monoisotopic (exact) mass is 354 g/mol. The predicted octanol–water partition coefficient (Wildman–Crippen LogP) is 3.80. The molecular formula is C20H23FN4O. The van der Waals surface area contributed by atoms with E-state index in [0.717, 1.165) is 37.1 Å². The molecule has 136 valence electrons. The zero-order valence-electron chi connectivity index (χ0n) is 15.1. The number of pyridine rings is 1. The van der Waals surface area contributed by atoms with Gasteiger partial charge in [-0.05, 0) is 44.0 Å². The fourth-order valence-corrected chi connectivity index (χ4v) is 3.48. The number of benzene rings is 1. The summed E-state index contributed by atoms with van der Waals surface area (Å²) in [5, 5.41) is 5.50. The van der Waals surface area contributed by atoms with E-state index in [1.54, 1.807) is 12.1 Å². The van der Waals surface area contributed by atoms with Crippen LogP contribution in [0.5, 0.6) is 5.75 Å². The first-order chi connectivity index (χ1) is 12.6. The van der Waals surface area contributed by atoms with Crippen LogP contribution in [0, 0.1) is 5.82 Å². The summed E-state index contributed by atoms with van der Waals surface area (Å²) in [5.41, 5.74) is 2.10. The van der Waals surface area contributed by atoms with E-state index in [1.165, 1.54) is 17.7 Å². The van der Waals surface area contributed by atoms with Crippen molar-refractivity contribution in [2.45, 2.75) is 39.0 Å². The standard InChI is InChI=1S/C20H23FN4O/c1-14(2)25-20-16(11-23-25)8-15(10-22-20)12-24-7-6-19(13-24)26-18-5-3-4-17(21)9-18/h3-5,8-11,14,19H,6-7,12-13H2,1-2H3. The molecule has 1 aliphatic rings. The summed E-state index contributed by atoms with van der Waals surface area (Å²) < 4.78 is 21.1. The fraction of sp³-hybridized carbons (Fsp3) is 0.400. The molecule has 0 aliphatic carbocycles. The van der Waals surface area contributed by atoms with Crippen molar-refractivity contribution < 1.29 is 9.13 Å². The zero-order chi connectivity index (χ0) is 18.1. The van der Waals surface area contributed by atoms with Crippen LogP contribution < -0.4 is 4.74 Å². The van der Waals surface area contributed by atoms with Crippen molar-refractivity contribution in [1.82, 2.24) is 19.7 Å². The largest absolute Gasteiger partial charge is 0.489 e. The Morgan fingerprint density at radius 2 is 2.15 bits per heavy atom. The first-order valence-electron chi connectivity index (χ1n) is 9.05. The van der Waals surface area contributed by atoms with E-state index in [1.807, 2.05) is 17.1 Å². The van der Waals surface area contributed by atoms with E-state index in [-0.39, 0.29) is 11.9 Å². The van der Waals surface area contributed by atoms with Crippen molar-refractivity contribution in [3.05, 3.63) is 54.1 Å². The SMILES string of the molecule is CC(C)n1ncc2cc(CN3CCC(Oc4cccc(F)c4)C3)cnc21. The van der Waals surface area contributed by atoms with Crippen LogP contribution in [0.3, 0.4) is 0 Å². The normalized spacial score (nSPS) is 18.1. The van der Waals surface area contributed by atoms with Crippen molar-refractivity contribution in [3.63, 3.8) is 0 Å². The molecule has 6 heteroatoms. The number of nitrogens with zero attached hydrogens (tertiary/aromatic N) is 4. The summed E-state index contributed by atoms with van der Waals surface area (Å²) in [4.78, 5) is 6.95. The van der Waals surface area contributed by atoms with Crippen LogP contribution >= 0.6 is 0 Å². The van der Waals surface area contributed by atoms with Crippen molar-refractivity contribution in [1.29, 1.82) is 0 Å². The predicted molar refractivity (Wildman–Crippen MR) is 98.6 cm³/mol. The Morgan fingerprint density at radius 3 is 2.96 bits per heavy atom. The van der Waals surface area contributed by atoms with Crippen LogP contribution in [0.2, 0.25) is 0 Å². The second kappa shape index (κ2) is 7.03. The average molecular weight is 354 g/mol. The quantitative estimate of drug-likeness (QED) is 0.699. The Kier molecular flexibility index (Phi) is 4.59. The number of fused-ring (bicyclic) bond motifs is 1. The van der Waals surface area contributed by atoms with E-state index in [9.17, 15) is 4.39 Å². The molecule has 0 spiro atoms. The summed E-state index contributed by atoms with van der Waals surface area (Å²) in [7, 11) is 0. The van der Waals surface area contributed by atoms with Gasteiger partial charge in [0.15, 0.2) is 5.65 Å². The molecule has 1 aromatic carbocycles. The number of likely N-dealkylation sites (tertiary alicyclic amines) is 1. The van der Waals surface area contributed by atoms with Gasteiger partial charge in [-0.2, -0.15) is 5.10 Å². The second-order valence-corrected chi connectivity index (χ2v) is 7.16. The van der Waals surface area contributed by atoms with E-state index in [2.05, 4.69) is 34.9 Å². The molecule has 4 rings (SSSR count). The zero-order valence-corrected chi connectivity index (χ0v) is 15.1. The van der Waals surface area contributed by atoms with Gasteiger partial charge in [0.05, 0.1) is 6.20 Å². The van der Waals surface area contributed by atoms with Gasteiger partial charge >= 0.3 is 0 Å². The summed E-state index contributed by atoms with van der Waals surface area (Å²) in [6.45, 7) is 6.83. The molecule has 5 nitrogen and oxygen atoms in total. The summed E-state index contributed by atoms with van der Waals surface area (Å²) >= 11 is 0. The van der Waals surface area contributed by atoms with Gasteiger partial charge in [0.1, 0.15) is 17.7 Å². The number of hydrogen-bond acceptors (Lipinski definition) is 4. The molecule has 0 radical (unpaired) electrons. The Balaban J connectivity index is 1.40. The second-order valence-electron chi connectivity index (χ2n) is 7.16. The van der Waals surface area contributed by atoms with Crippen LogP contribution in [0.25, 0.3) is 11.0 Å². The van der Waals surface area contributed by atoms with Crippen molar-refractivity contribution in [2.24, 2.45) is 0 Å². The first-order valence-corrected chi connectivity index (χ1v) is 9.05. The highest BCUT2D eigenvalue weighted by Crippen LogP contribution is 2.22. The average Bonchev–Trinajstić information content (AvgIpc) is 3.21. The topological polar surface area (TPSA) is 43.2 Å². The highest BCUT2D eigenvalue weighted by molar-refractivity contribution is 5.75. The molecule has 1 unspecified atom stereocenters. The molecule has 0 saturated carbocycles. The summed E-state index contributed by atoms with van der Waals surface area (Å²) in [6.07, 6.45) is 4.85. The van der Waals surface area contributed by atoms with Gasteiger partial charge < -0.3 is 4.74 Å². The number of halogens is 1. The Hall–Kier alpha value is -2.47. The minimum absolute atomic E-state index is 0.0946. The molecule has 1 atom stereocenters. The Labute approximate surface area is 152 Å². The number of hydrogen-bond donors (Lipinski definition) is 0. The minimum Gasteiger partial charge on any atom is -0.489 e. The van der Waals surface area contributed by atoms with Gasteiger partial charge in [0.2, 0.25) is 0 Å². The van der Waals surface area contributed by atoms with Crippen molar-refractivity contribution in [3.8, 4) is 5.75 Å². The Bertz CT molecular complexity index is 908. The number of ether oxygens (including phenoxy) is 1. The van der Waals surface area contributed by atoms with Gasteiger partial charge in [-0.15, -0.1) is 0 Å². The van der Waals surface area contributed by atoms with Crippen LogP contribution in [0.4, 0.5) is 4.39 Å². The van der Waals surface area contributed by atoms with E-state index < -0.39 is 0 Å². The molecule has 1 aliphatic heterocycles. The summed E-state index contributed by atoms with van der Waals surface area (Å²) in [6, 6.07) is 8.80. The lowest BCUT2D eigenvalue weighted by atomic mass is 10.2. The maximum Gasteiger partial charge on any atom is 0.157 e. The van der Waals surface area contributed by atoms with Crippen molar-refractivity contribution in [2.75, 3.05) is 13.1 Å². The summed E-state index contributed by atoms with van der Waals surface area (Å²) in [5.74, 6) is 0.333. The molecule has 0 bridgehead atoms. The molecule has 1 fully saturated rings. The van der Waals surface area contributed by atoms with Gasteiger partial charge in [0.25, 0.3) is 0 Å². The first kappa shape index (κ1) is 17.0. The lowest BCUT2D eigenvalue weighted by Gasteiger charge is -2.17. The molecule has 2 aromatic heterocycles. The van der Waals surface area contributed by atoms with E-state index in [0.29, 0.717) is 11.8 Å². The van der Waals surface area contributed by atoms with E-state index >= 15 is 0 Å². The van der Waals surface area contributed by atoms with Gasteiger partial charge in [0, 0.05) is 43.3 Å². The van der Waals surface area contributed by atoms with Crippen LogP contribution in [0.1, 0.15) is 31.9 Å². The molecule has 3 aromatic rings. The third kappa shape index (κ3) is 3.55. The van der Waals surface area contributed by atoms with E-state index in [4.69, 9.17) is 4.74 Å². The van der Waals surface area contributed by atoms with Crippen LogP contribution in [-0.4, -0.2) is 38.9 Å².